The summed E-state index contributed by atoms with van der Waals surface area (Å²) in [5.74, 6) is 0.948. The topological polar surface area (TPSA) is 77.1 Å². The molecule has 0 spiro atoms. The summed E-state index contributed by atoms with van der Waals surface area (Å²) in [7, 11) is 0. The molecule has 1 unspecified atom stereocenters. The summed E-state index contributed by atoms with van der Waals surface area (Å²) >= 11 is 0. The number of aromatic nitrogens is 4. The third kappa shape index (κ3) is 2.68. The van der Waals surface area contributed by atoms with E-state index in [1.165, 1.54) is 0 Å². The van der Waals surface area contributed by atoms with Crippen LogP contribution in [0.15, 0.2) is 47.1 Å². The molecule has 0 N–H and O–H groups in total. The summed E-state index contributed by atoms with van der Waals surface area (Å²) in [6.45, 7) is 3.14. The van der Waals surface area contributed by atoms with E-state index in [4.69, 9.17) is 4.42 Å². The molecule has 0 bridgehead atoms. The lowest BCUT2D eigenvalue weighted by atomic mass is 10.1. The second-order valence-electron chi connectivity index (χ2n) is 5.89. The van der Waals surface area contributed by atoms with Gasteiger partial charge in [-0.25, -0.2) is 0 Å². The minimum Gasteiger partial charge on any atom is -0.421 e. The van der Waals surface area contributed by atoms with Gasteiger partial charge in [0.25, 0.3) is 5.91 Å². The molecule has 1 aliphatic heterocycles. The van der Waals surface area contributed by atoms with Gasteiger partial charge in [0, 0.05) is 43.5 Å². The van der Waals surface area contributed by atoms with Crippen molar-refractivity contribution < 1.29 is 9.21 Å². The molecule has 1 saturated heterocycles. The van der Waals surface area contributed by atoms with Crippen LogP contribution in [0.5, 0.6) is 0 Å². The molecule has 3 heterocycles. The summed E-state index contributed by atoms with van der Waals surface area (Å²) in [5, 5.41) is 12.1. The highest BCUT2D eigenvalue weighted by Gasteiger charge is 2.28. The van der Waals surface area contributed by atoms with E-state index >= 15 is 0 Å². The first-order valence-corrected chi connectivity index (χ1v) is 7.89. The molecule has 1 fully saturated rings. The molecule has 122 valence electrons. The van der Waals surface area contributed by atoms with Crippen molar-refractivity contribution in [2.45, 2.75) is 19.4 Å². The van der Waals surface area contributed by atoms with Crippen molar-refractivity contribution in [1.29, 1.82) is 0 Å². The fourth-order valence-electron chi connectivity index (χ4n) is 3.02. The van der Waals surface area contributed by atoms with Crippen LogP contribution >= 0.6 is 0 Å². The summed E-state index contributed by atoms with van der Waals surface area (Å²) in [6.07, 6.45) is 4.62. The first kappa shape index (κ1) is 14.6. The lowest BCUT2D eigenvalue weighted by molar-refractivity contribution is 0.0787. The van der Waals surface area contributed by atoms with Crippen molar-refractivity contribution in [3.63, 3.8) is 0 Å². The molecular formula is C17H17N5O2. The third-order valence-corrected chi connectivity index (χ3v) is 4.23. The van der Waals surface area contributed by atoms with Crippen molar-refractivity contribution in [2.75, 3.05) is 13.1 Å². The molecule has 2 aromatic heterocycles. The van der Waals surface area contributed by atoms with Crippen LogP contribution in [0.25, 0.3) is 11.5 Å². The molecule has 0 aliphatic carbocycles. The van der Waals surface area contributed by atoms with Gasteiger partial charge >= 0.3 is 0 Å². The van der Waals surface area contributed by atoms with E-state index in [0.717, 1.165) is 18.5 Å². The van der Waals surface area contributed by atoms with Crippen LogP contribution < -0.4 is 0 Å². The Balaban J connectivity index is 1.53. The van der Waals surface area contributed by atoms with Crippen molar-refractivity contribution in [1.82, 2.24) is 24.9 Å². The molecular weight excluding hydrogens is 306 g/mol. The normalized spacial score (nSPS) is 17.4. The molecule has 3 aromatic rings. The predicted octanol–water partition coefficient (Wildman–Crippen LogP) is 2.33. The first-order chi connectivity index (χ1) is 11.7. The lowest BCUT2D eigenvalue weighted by Crippen LogP contribution is -2.29. The number of rotatable bonds is 3. The second-order valence-corrected chi connectivity index (χ2v) is 5.89. The molecule has 7 nitrogen and oxygen atoms in total. The predicted molar refractivity (Wildman–Crippen MR) is 86.3 cm³/mol. The number of nitrogens with zero attached hydrogens (tertiary/aromatic N) is 5. The highest BCUT2D eigenvalue weighted by molar-refractivity contribution is 5.95. The van der Waals surface area contributed by atoms with Gasteiger partial charge in [-0.3, -0.25) is 9.48 Å². The molecule has 0 radical (unpaired) electrons. The Labute approximate surface area is 138 Å². The third-order valence-electron chi connectivity index (χ3n) is 4.23. The minimum absolute atomic E-state index is 0.0164. The summed E-state index contributed by atoms with van der Waals surface area (Å²) < 4.78 is 7.36. The van der Waals surface area contributed by atoms with Crippen LogP contribution in [-0.4, -0.2) is 43.9 Å². The zero-order valence-corrected chi connectivity index (χ0v) is 13.3. The number of carbonyl (C=O) groups is 1. The molecule has 4 rings (SSSR count). The Kier molecular flexibility index (Phi) is 3.60. The van der Waals surface area contributed by atoms with E-state index < -0.39 is 0 Å². The van der Waals surface area contributed by atoms with Gasteiger partial charge in [0.2, 0.25) is 11.8 Å². The van der Waals surface area contributed by atoms with Crippen molar-refractivity contribution in [2.24, 2.45) is 0 Å². The van der Waals surface area contributed by atoms with E-state index in [9.17, 15) is 4.79 Å². The van der Waals surface area contributed by atoms with Crippen LogP contribution in [-0.2, 0) is 0 Å². The Morgan fingerprint density at radius 1 is 1.29 bits per heavy atom. The van der Waals surface area contributed by atoms with E-state index in [-0.39, 0.29) is 11.9 Å². The van der Waals surface area contributed by atoms with Crippen LogP contribution in [0.3, 0.4) is 0 Å². The lowest BCUT2D eigenvalue weighted by Gasteiger charge is -2.17. The molecule has 0 saturated carbocycles. The number of likely N-dealkylation sites (tertiary alicyclic amines) is 1. The summed E-state index contributed by atoms with van der Waals surface area (Å²) in [5.41, 5.74) is 1.38. The number of carbonyl (C=O) groups excluding carboxylic acids is 1. The number of hydrogen-bond donors (Lipinski definition) is 0. The van der Waals surface area contributed by atoms with E-state index in [1.807, 2.05) is 40.0 Å². The van der Waals surface area contributed by atoms with Gasteiger partial charge in [0.1, 0.15) is 0 Å². The highest BCUT2D eigenvalue weighted by Crippen LogP contribution is 2.24. The monoisotopic (exact) mass is 323 g/mol. The molecule has 1 aromatic carbocycles. The Bertz CT molecular complexity index is 856. The number of aryl methyl sites for hydroxylation is 1. The van der Waals surface area contributed by atoms with E-state index in [2.05, 4.69) is 15.3 Å². The van der Waals surface area contributed by atoms with E-state index in [1.54, 1.807) is 19.2 Å². The maximum atomic E-state index is 12.8. The first-order valence-electron chi connectivity index (χ1n) is 7.89. The molecule has 24 heavy (non-hydrogen) atoms. The molecule has 1 atom stereocenters. The minimum atomic E-state index is 0.0164. The Morgan fingerprint density at radius 3 is 2.96 bits per heavy atom. The molecule has 1 amide bonds. The van der Waals surface area contributed by atoms with Crippen LogP contribution in [0.4, 0.5) is 0 Å². The van der Waals surface area contributed by atoms with Gasteiger partial charge in [-0.05, 0) is 30.7 Å². The summed E-state index contributed by atoms with van der Waals surface area (Å²) in [4.78, 5) is 14.6. The average Bonchev–Trinajstić information content (AvgIpc) is 3.34. The van der Waals surface area contributed by atoms with Gasteiger partial charge in [0.05, 0.1) is 6.04 Å². The number of benzene rings is 1. The molecule has 7 heteroatoms. The second kappa shape index (κ2) is 5.92. The SMILES string of the molecule is Cc1nnc(-c2cccc(C(=O)N3CCC(n4cccn4)C3)c2)o1. The largest absolute Gasteiger partial charge is 0.421 e. The van der Waals surface area contributed by atoms with Crippen LogP contribution in [0, 0.1) is 6.92 Å². The van der Waals surface area contributed by atoms with Gasteiger partial charge < -0.3 is 9.32 Å². The maximum Gasteiger partial charge on any atom is 0.253 e. The maximum absolute atomic E-state index is 12.8. The standard InChI is InChI=1S/C17H17N5O2/c1-12-19-20-16(24-12)13-4-2-5-14(10-13)17(23)21-9-6-15(11-21)22-8-3-7-18-22/h2-5,7-8,10,15H,6,9,11H2,1H3. The quantitative estimate of drug-likeness (QED) is 0.739. The van der Waals surface area contributed by atoms with Gasteiger partial charge in [0.15, 0.2) is 0 Å². The van der Waals surface area contributed by atoms with Gasteiger partial charge in [-0.15, -0.1) is 10.2 Å². The fourth-order valence-corrected chi connectivity index (χ4v) is 3.02. The van der Waals surface area contributed by atoms with Gasteiger partial charge in [-0.2, -0.15) is 5.10 Å². The molecule has 1 aliphatic rings. The average molecular weight is 323 g/mol. The Morgan fingerprint density at radius 2 is 2.21 bits per heavy atom. The van der Waals surface area contributed by atoms with Crippen molar-refractivity contribution in [3.8, 4) is 11.5 Å². The van der Waals surface area contributed by atoms with Crippen LogP contribution in [0.1, 0.15) is 28.7 Å². The summed E-state index contributed by atoms with van der Waals surface area (Å²) in [6, 6.07) is 9.46. The number of amides is 1. The Hall–Kier alpha value is -2.96. The van der Waals surface area contributed by atoms with E-state index in [0.29, 0.717) is 23.9 Å². The zero-order valence-electron chi connectivity index (χ0n) is 13.3. The highest BCUT2D eigenvalue weighted by atomic mass is 16.4. The van der Waals surface area contributed by atoms with Gasteiger partial charge in [-0.1, -0.05) is 6.07 Å². The zero-order chi connectivity index (χ0) is 16.5. The number of hydrogen-bond acceptors (Lipinski definition) is 5. The fraction of sp³-hybridized carbons (Fsp3) is 0.294. The van der Waals surface area contributed by atoms with Crippen LogP contribution in [0.2, 0.25) is 0 Å². The van der Waals surface area contributed by atoms with Crippen molar-refractivity contribution in [3.05, 3.63) is 54.2 Å². The smallest absolute Gasteiger partial charge is 0.253 e. The van der Waals surface area contributed by atoms with Crippen molar-refractivity contribution >= 4 is 5.91 Å².